The Kier molecular flexibility index (Phi) is 6.63. The van der Waals surface area contributed by atoms with Crippen molar-refractivity contribution in [2.24, 2.45) is 5.89 Å². The molecule has 1 atom stereocenters. The molecule has 0 N–H and O–H groups in total. The molecule has 0 saturated carbocycles. The first-order chi connectivity index (χ1) is 28.4. The largest absolute Gasteiger partial charge is 0.416 e. The summed E-state index contributed by atoms with van der Waals surface area (Å²) in [6, 6.07) is 13.4. The Hall–Kier alpha value is -3.96. The highest BCUT2D eigenvalue weighted by Gasteiger charge is 2.30. The van der Waals surface area contributed by atoms with Crippen LogP contribution in [0.1, 0.15) is 69.3 Å². The van der Waals surface area contributed by atoms with Gasteiger partial charge in [-0.15, -0.1) is 0 Å². The van der Waals surface area contributed by atoms with Crippen LogP contribution in [0.3, 0.4) is 0 Å². The summed E-state index contributed by atoms with van der Waals surface area (Å²) in [5, 5.41) is -0.792. The van der Waals surface area contributed by atoms with E-state index < -0.39 is 109 Å². The van der Waals surface area contributed by atoms with Gasteiger partial charge in [-0.25, -0.2) is 4.39 Å². The second-order valence-electron chi connectivity index (χ2n) is 10.4. The second kappa shape index (κ2) is 15.5. The molecule has 1 unspecified atom stereocenters. The predicted octanol–water partition coefficient (Wildman–Crippen LogP) is 7.47. The Morgan fingerprint density at radius 1 is 0.979 bits per heavy atom. The van der Waals surface area contributed by atoms with E-state index in [1.807, 2.05) is 0 Å². The zero-order chi connectivity index (χ0) is 47.9. The maximum atomic E-state index is 14.9. The maximum absolute atomic E-state index is 14.9. The molecule has 0 saturated heterocycles. The lowest BCUT2D eigenvalue weighted by atomic mass is 10.0. The molecule has 5 rings (SSSR count). The van der Waals surface area contributed by atoms with Crippen LogP contribution in [0.4, 0.5) is 17.6 Å². The first kappa shape index (κ1) is 20.5. The van der Waals surface area contributed by atoms with Crippen molar-refractivity contribution in [3.05, 3.63) is 117 Å². The molecule has 0 aliphatic heterocycles. The topological polar surface area (TPSA) is 58.4 Å². The normalized spacial score (nSPS) is 24.1. The molecule has 254 valence electrons. The number of nitrogens with zero attached hydrogens (tertiary/aromatic N) is 4. The van der Waals surface area contributed by atoms with E-state index in [-0.39, 0.29) is 32.7 Å². The van der Waals surface area contributed by atoms with Crippen molar-refractivity contribution in [2.75, 3.05) is 26.0 Å². The fourth-order valence-electron chi connectivity index (χ4n) is 4.60. The molecule has 1 aromatic heterocycles. The van der Waals surface area contributed by atoms with Gasteiger partial charge in [-0.1, -0.05) is 81.1 Å². The fourth-order valence-corrected chi connectivity index (χ4v) is 5.34. The third-order valence-corrected chi connectivity index (χ3v) is 7.88. The molecule has 0 bridgehead atoms. The summed E-state index contributed by atoms with van der Waals surface area (Å²) in [5.41, 5.74) is -6.46. The number of hydrogen-bond acceptors (Lipinski definition) is 5. The van der Waals surface area contributed by atoms with Crippen LogP contribution >= 0.6 is 11.8 Å². The number of carbonyl (C=O) groups is 1. The van der Waals surface area contributed by atoms with E-state index in [0.29, 0.717) is 15.7 Å². The summed E-state index contributed by atoms with van der Waals surface area (Å²) in [4.78, 5) is 32.4. The zero-order valence-corrected chi connectivity index (χ0v) is 26.7. The van der Waals surface area contributed by atoms with Crippen molar-refractivity contribution in [3.8, 4) is 11.1 Å². The number of likely N-dealkylation sites (N-methyl/N-ethyl adjacent to an activating group) is 1. The number of alkyl halides is 3. The monoisotopic (exact) mass is 695 g/mol. The van der Waals surface area contributed by atoms with Crippen LogP contribution in [0.5, 0.6) is 0 Å². The van der Waals surface area contributed by atoms with Crippen molar-refractivity contribution in [2.45, 2.75) is 63.6 Å². The van der Waals surface area contributed by atoms with Gasteiger partial charge in [0.25, 0.3) is 5.56 Å². The lowest BCUT2D eigenvalue weighted by Crippen LogP contribution is -2.40. The molecule has 1 aliphatic rings. The minimum absolute atomic E-state index is 0.0279. The molecule has 6 nitrogen and oxygen atoms in total. The van der Waals surface area contributed by atoms with Gasteiger partial charge in [0.2, 0.25) is 5.91 Å². The van der Waals surface area contributed by atoms with Gasteiger partial charge in [0.15, 0.2) is 5.16 Å². The van der Waals surface area contributed by atoms with Crippen LogP contribution in [-0.4, -0.2) is 51.2 Å². The van der Waals surface area contributed by atoms with Crippen LogP contribution in [0.2, 0.25) is 0 Å². The summed E-state index contributed by atoms with van der Waals surface area (Å²) in [6.07, 6.45) is -10.9. The van der Waals surface area contributed by atoms with Crippen molar-refractivity contribution < 1.29 is 42.9 Å². The number of fused-ring (bicyclic) bond motifs is 1. The molecule has 0 spiro atoms. The summed E-state index contributed by atoms with van der Waals surface area (Å²) < 4.78 is 185. The van der Waals surface area contributed by atoms with Crippen LogP contribution in [0, 0.1) is 11.7 Å². The van der Waals surface area contributed by atoms with Gasteiger partial charge >= 0.3 is 6.18 Å². The van der Waals surface area contributed by atoms with E-state index in [4.69, 9.17) is 17.8 Å². The molecule has 48 heavy (non-hydrogen) atoms. The molecule has 1 aliphatic carbocycles. The zero-order valence-electron chi connectivity index (χ0n) is 40.9. The van der Waals surface area contributed by atoms with Gasteiger partial charge in [0.1, 0.15) is 12.4 Å². The summed E-state index contributed by atoms with van der Waals surface area (Å²) in [7, 11) is 0. The van der Waals surface area contributed by atoms with Crippen molar-refractivity contribution in [1.29, 1.82) is 0 Å². The predicted molar refractivity (Wildman–Crippen MR) is 181 cm³/mol. The molecule has 4 aromatic rings. The second-order valence-corrected chi connectivity index (χ2v) is 11.1. The van der Waals surface area contributed by atoms with Crippen molar-refractivity contribution in [3.63, 3.8) is 0 Å². The Bertz CT molecular complexity index is 2410. The number of benzene rings is 3. The third kappa shape index (κ3) is 8.73. The smallest absolute Gasteiger partial charge is 0.336 e. The summed E-state index contributed by atoms with van der Waals surface area (Å²) in [6.45, 7) is -13.4. The van der Waals surface area contributed by atoms with Gasteiger partial charge < -0.3 is 14.4 Å². The number of hydrogen-bond donors (Lipinski definition) is 0. The minimum Gasteiger partial charge on any atom is -0.336 e. The van der Waals surface area contributed by atoms with Crippen molar-refractivity contribution in [1.82, 2.24) is 19.4 Å². The number of aromatic nitrogens is 2. The summed E-state index contributed by atoms with van der Waals surface area (Å²) in [5.74, 6) is -5.05. The molecule has 1 heterocycles. The van der Waals surface area contributed by atoms with E-state index in [2.05, 4.69) is 4.98 Å². The highest BCUT2D eigenvalue weighted by atomic mass is 32.2. The minimum atomic E-state index is -4.61. The SMILES string of the molecule is [2H]C([2H])(Sc1nc(=O)c2c(n1CC(=O)N(Cc1ccc(-c3ccc(C(F)(F)F)cc3)cc1)C([2H])([2H])C([2H])([2H])N(C([2H])([2H])C)C([2H])([2H])C)C([2H])([2H])C([2H])(C)C2([2H])[2H])c1ccc(F)cc1. The first-order valence-corrected chi connectivity index (χ1v) is 15.2. The molecule has 3 aromatic carbocycles. The highest BCUT2D eigenvalue weighted by molar-refractivity contribution is 7.98. The van der Waals surface area contributed by atoms with Crippen LogP contribution in [-0.2, 0) is 42.5 Å². The van der Waals surface area contributed by atoms with Crippen LogP contribution in [0.25, 0.3) is 11.1 Å². The molecule has 0 fully saturated rings. The lowest BCUT2D eigenvalue weighted by molar-refractivity contribution is -0.137. The number of rotatable bonds is 13. The van der Waals surface area contributed by atoms with Crippen molar-refractivity contribution >= 4 is 17.7 Å². The maximum Gasteiger partial charge on any atom is 0.416 e. The van der Waals surface area contributed by atoms with E-state index in [1.54, 1.807) is 0 Å². The third-order valence-electron chi connectivity index (χ3n) is 7.05. The average molecular weight is 696 g/mol. The number of thioether (sulfide) groups is 1. The number of halogens is 4. The quantitative estimate of drug-likeness (QED) is 0.0826. The Morgan fingerprint density at radius 2 is 1.58 bits per heavy atom. The first-order valence-electron chi connectivity index (χ1n) is 21.9. The number of carbonyl (C=O) groups excluding carboxylic acids is 1. The average Bonchev–Trinajstić information content (AvgIpc) is 3.23. The molecule has 0 radical (unpaired) electrons. The lowest BCUT2D eigenvalue weighted by Gasteiger charge is -2.28. The standard InChI is InChI=1S/C37H40F4N4O2S/c1-4-43(5-2)18-19-44(22-26-6-10-28(11-7-26)29-12-14-30(15-13-29)37(39,40)41)34(46)23-45-33-21-25(3)20-32(33)35(47)42-36(45)48-24-27-8-16-31(38)17-9-27/h6-17,25H,4-5,18-24H2,1-3H3/i4D2,5D2,18D2,19D2,20D2,21D2,24D2,25D. The van der Waals surface area contributed by atoms with Crippen LogP contribution in [0.15, 0.2) is 82.7 Å². The van der Waals surface area contributed by atoms with Gasteiger partial charge in [-0.05, 0) is 78.2 Å². The summed E-state index contributed by atoms with van der Waals surface area (Å²) >= 11 is 0.101. The fraction of sp³-hybridized carbons (Fsp3) is 0.378. The molecule has 11 heteroatoms. The van der Waals surface area contributed by atoms with Gasteiger partial charge in [-0.2, -0.15) is 18.2 Å². The van der Waals surface area contributed by atoms with E-state index in [0.717, 1.165) is 57.2 Å². The Morgan fingerprint density at radius 3 is 2.19 bits per heavy atom. The molecular weight excluding hydrogens is 640 g/mol. The van der Waals surface area contributed by atoms with Crippen LogP contribution < -0.4 is 5.56 Å². The van der Waals surface area contributed by atoms with Gasteiger partial charge in [-0.3, -0.25) is 9.59 Å². The van der Waals surface area contributed by atoms with E-state index >= 15 is 0 Å². The van der Waals surface area contributed by atoms with Gasteiger partial charge in [0, 0.05) is 54.3 Å². The van der Waals surface area contributed by atoms with Gasteiger partial charge in [0.05, 0.1) is 8.30 Å². The Balaban J connectivity index is 1.71. The Labute approximate surface area is 303 Å². The molecule has 1 amide bonds. The molecular formula is C37H40F4N4O2S. The van der Waals surface area contributed by atoms with E-state index in [9.17, 15) is 29.9 Å². The number of amides is 1. The highest BCUT2D eigenvalue weighted by Crippen LogP contribution is 2.32. The van der Waals surface area contributed by atoms with E-state index in [1.165, 1.54) is 36.4 Å².